The molecule has 0 aliphatic heterocycles. The molecule has 7 heteroatoms. The predicted molar refractivity (Wildman–Crippen MR) is 122 cm³/mol. The third-order valence-corrected chi connectivity index (χ3v) is 6.72. The van der Waals surface area contributed by atoms with Gasteiger partial charge in [-0.3, -0.25) is 9.10 Å². The molecule has 0 aromatic heterocycles. The van der Waals surface area contributed by atoms with Crippen molar-refractivity contribution in [2.45, 2.75) is 24.8 Å². The Bertz CT molecular complexity index is 1110. The Morgan fingerprint density at radius 1 is 0.968 bits per heavy atom. The van der Waals surface area contributed by atoms with Crippen LogP contribution >= 0.6 is 0 Å². The van der Waals surface area contributed by atoms with Crippen LogP contribution in [0.25, 0.3) is 0 Å². The van der Waals surface area contributed by atoms with Crippen molar-refractivity contribution < 1.29 is 17.9 Å². The number of sulfonamides is 1. The van der Waals surface area contributed by atoms with Gasteiger partial charge in [0.15, 0.2) is 0 Å². The van der Waals surface area contributed by atoms with Gasteiger partial charge in [0.25, 0.3) is 10.0 Å². The van der Waals surface area contributed by atoms with E-state index < -0.39 is 15.9 Å². The monoisotopic (exact) mass is 438 g/mol. The van der Waals surface area contributed by atoms with Gasteiger partial charge >= 0.3 is 0 Å². The Morgan fingerprint density at radius 3 is 2.16 bits per heavy atom. The second-order valence-electron chi connectivity index (χ2n) is 7.22. The van der Waals surface area contributed by atoms with E-state index in [1.807, 2.05) is 56.3 Å². The number of amides is 1. The van der Waals surface area contributed by atoms with Gasteiger partial charge in [0.05, 0.1) is 23.7 Å². The van der Waals surface area contributed by atoms with Gasteiger partial charge in [-0.25, -0.2) is 8.42 Å². The van der Waals surface area contributed by atoms with Crippen LogP contribution in [0.3, 0.4) is 0 Å². The highest BCUT2D eigenvalue weighted by atomic mass is 32.2. The van der Waals surface area contributed by atoms with E-state index in [0.29, 0.717) is 11.4 Å². The SMILES string of the molecule is COc1ccc(S(=O)(=O)N(CC(=O)N[C@@H](C)c2ccccc2)c2ccc(C)cc2)cc1. The fourth-order valence-corrected chi connectivity index (χ4v) is 4.56. The summed E-state index contributed by atoms with van der Waals surface area (Å²) in [5.41, 5.74) is 2.35. The number of hydrogen-bond acceptors (Lipinski definition) is 4. The molecule has 3 aromatic carbocycles. The highest BCUT2D eigenvalue weighted by molar-refractivity contribution is 7.92. The zero-order chi connectivity index (χ0) is 22.4. The molecule has 1 atom stereocenters. The van der Waals surface area contributed by atoms with Crippen LogP contribution in [0.5, 0.6) is 5.75 Å². The molecular weight excluding hydrogens is 412 g/mol. The Balaban J connectivity index is 1.89. The second-order valence-corrected chi connectivity index (χ2v) is 9.08. The van der Waals surface area contributed by atoms with Crippen LogP contribution in [0, 0.1) is 6.92 Å². The Kier molecular flexibility index (Phi) is 6.97. The molecule has 1 N–H and O–H groups in total. The molecule has 3 rings (SSSR count). The number of benzene rings is 3. The molecule has 0 heterocycles. The molecule has 0 fully saturated rings. The smallest absolute Gasteiger partial charge is 0.264 e. The number of nitrogens with zero attached hydrogens (tertiary/aromatic N) is 1. The first-order valence-electron chi connectivity index (χ1n) is 9.89. The Hall–Kier alpha value is -3.32. The van der Waals surface area contributed by atoms with Crippen molar-refractivity contribution in [3.8, 4) is 5.75 Å². The van der Waals surface area contributed by atoms with Crippen molar-refractivity contribution in [1.82, 2.24) is 5.32 Å². The van der Waals surface area contributed by atoms with E-state index in [1.54, 1.807) is 24.3 Å². The topological polar surface area (TPSA) is 75.7 Å². The number of carbonyl (C=O) groups is 1. The Labute approximate surface area is 183 Å². The maximum Gasteiger partial charge on any atom is 0.264 e. The van der Waals surface area contributed by atoms with Gasteiger partial charge in [0, 0.05) is 0 Å². The number of nitrogens with one attached hydrogen (secondary N) is 1. The largest absolute Gasteiger partial charge is 0.497 e. The van der Waals surface area contributed by atoms with E-state index in [0.717, 1.165) is 15.4 Å². The highest BCUT2D eigenvalue weighted by Gasteiger charge is 2.27. The molecule has 0 bridgehead atoms. The molecule has 0 saturated carbocycles. The van der Waals surface area contributed by atoms with Crippen molar-refractivity contribution in [1.29, 1.82) is 0 Å². The fourth-order valence-electron chi connectivity index (χ4n) is 3.14. The maximum atomic E-state index is 13.4. The number of methoxy groups -OCH3 is 1. The van der Waals surface area contributed by atoms with E-state index in [9.17, 15) is 13.2 Å². The van der Waals surface area contributed by atoms with Gasteiger partial charge in [-0.05, 0) is 55.8 Å². The number of ether oxygens (including phenoxy) is 1. The van der Waals surface area contributed by atoms with E-state index in [-0.39, 0.29) is 17.5 Å². The fraction of sp³-hybridized carbons (Fsp3) is 0.208. The molecule has 0 radical (unpaired) electrons. The zero-order valence-electron chi connectivity index (χ0n) is 17.8. The molecule has 162 valence electrons. The summed E-state index contributed by atoms with van der Waals surface area (Å²) >= 11 is 0. The number of anilines is 1. The minimum Gasteiger partial charge on any atom is -0.497 e. The number of rotatable bonds is 8. The highest BCUT2D eigenvalue weighted by Crippen LogP contribution is 2.25. The first-order valence-corrected chi connectivity index (χ1v) is 11.3. The summed E-state index contributed by atoms with van der Waals surface area (Å²) in [7, 11) is -2.46. The van der Waals surface area contributed by atoms with Gasteiger partial charge < -0.3 is 10.1 Å². The van der Waals surface area contributed by atoms with Crippen molar-refractivity contribution in [3.05, 3.63) is 90.0 Å². The van der Waals surface area contributed by atoms with Crippen LogP contribution in [0.2, 0.25) is 0 Å². The van der Waals surface area contributed by atoms with E-state index >= 15 is 0 Å². The third-order valence-electron chi connectivity index (χ3n) is 4.93. The minimum atomic E-state index is -3.97. The quantitative estimate of drug-likeness (QED) is 0.575. The molecule has 31 heavy (non-hydrogen) atoms. The second kappa shape index (κ2) is 9.66. The lowest BCUT2D eigenvalue weighted by Gasteiger charge is -2.25. The summed E-state index contributed by atoms with van der Waals surface area (Å²) in [6.45, 7) is 3.44. The third kappa shape index (κ3) is 5.44. The molecule has 3 aromatic rings. The predicted octanol–water partition coefficient (Wildman–Crippen LogP) is 4.08. The van der Waals surface area contributed by atoms with Crippen molar-refractivity contribution in [2.75, 3.05) is 18.0 Å². The van der Waals surface area contributed by atoms with Gasteiger partial charge in [-0.1, -0.05) is 48.0 Å². The lowest BCUT2D eigenvalue weighted by molar-refractivity contribution is -0.120. The normalized spacial score (nSPS) is 12.1. The molecule has 0 unspecified atom stereocenters. The minimum absolute atomic E-state index is 0.0813. The molecule has 1 amide bonds. The summed E-state index contributed by atoms with van der Waals surface area (Å²) in [6.07, 6.45) is 0. The molecule has 0 aliphatic carbocycles. The van der Waals surface area contributed by atoms with Crippen molar-refractivity contribution in [2.24, 2.45) is 0 Å². The van der Waals surface area contributed by atoms with Crippen LogP contribution in [0.15, 0.2) is 83.8 Å². The summed E-state index contributed by atoms with van der Waals surface area (Å²) in [5, 5.41) is 2.88. The van der Waals surface area contributed by atoms with Gasteiger partial charge in [0.1, 0.15) is 12.3 Å². The molecular formula is C24H26N2O4S. The maximum absolute atomic E-state index is 13.4. The van der Waals surface area contributed by atoms with Crippen molar-refractivity contribution >= 4 is 21.6 Å². The lowest BCUT2D eigenvalue weighted by atomic mass is 10.1. The summed E-state index contributed by atoms with van der Waals surface area (Å²) in [5.74, 6) is 0.157. The molecule has 0 aliphatic rings. The standard InChI is InChI=1S/C24H26N2O4S/c1-18-9-11-21(12-10-18)26(31(28,29)23-15-13-22(30-3)14-16-23)17-24(27)25-19(2)20-7-5-4-6-8-20/h4-16,19H,17H2,1-3H3,(H,25,27)/t19-/m0/s1. The first-order chi connectivity index (χ1) is 14.8. The van der Waals surface area contributed by atoms with Gasteiger partial charge in [-0.15, -0.1) is 0 Å². The van der Waals surface area contributed by atoms with Gasteiger partial charge in [-0.2, -0.15) is 0 Å². The summed E-state index contributed by atoms with van der Waals surface area (Å²) in [4.78, 5) is 12.9. The lowest BCUT2D eigenvalue weighted by Crippen LogP contribution is -2.41. The molecule has 6 nitrogen and oxygen atoms in total. The van der Waals surface area contributed by atoms with Crippen LogP contribution < -0.4 is 14.4 Å². The van der Waals surface area contributed by atoms with E-state index in [2.05, 4.69) is 5.32 Å². The number of hydrogen-bond donors (Lipinski definition) is 1. The Morgan fingerprint density at radius 2 is 1.58 bits per heavy atom. The number of aryl methyl sites for hydroxylation is 1. The number of carbonyl (C=O) groups excluding carboxylic acids is 1. The zero-order valence-corrected chi connectivity index (χ0v) is 18.6. The van der Waals surface area contributed by atoms with Crippen molar-refractivity contribution in [3.63, 3.8) is 0 Å². The van der Waals surface area contributed by atoms with E-state index in [1.165, 1.54) is 19.2 Å². The molecule has 0 saturated heterocycles. The van der Waals surface area contributed by atoms with Crippen LogP contribution in [0.1, 0.15) is 24.1 Å². The van der Waals surface area contributed by atoms with Crippen LogP contribution in [-0.4, -0.2) is 28.0 Å². The average Bonchev–Trinajstić information content (AvgIpc) is 2.78. The summed E-state index contributed by atoms with van der Waals surface area (Å²) < 4.78 is 33.1. The summed E-state index contributed by atoms with van der Waals surface area (Å²) in [6, 6.07) is 22.4. The average molecular weight is 439 g/mol. The van der Waals surface area contributed by atoms with Gasteiger partial charge in [0.2, 0.25) is 5.91 Å². The van der Waals surface area contributed by atoms with E-state index in [4.69, 9.17) is 4.74 Å². The van der Waals surface area contributed by atoms with Crippen LogP contribution in [0.4, 0.5) is 5.69 Å². The first kappa shape index (κ1) is 22.4. The molecule has 0 spiro atoms. The van der Waals surface area contributed by atoms with Crippen LogP contribution in [-0.2, 0) is 14.8 Å².